The molecule has 3 rings (SSSR count). The molecule has 104 valence electrons. The highest BCUT2D eigenvalue weighted by molar-refractivity contribution is 7.21. The van der Waals surface area contributed by atoms with Gasteiger partial charge < -0.3 is 9.84 Å². The van der Waals surface area contributed by atoms with Crippen molar-refractivity contribution in [2.24, 2.45) is 0 Å². The molecule has 0 aliphatic rings. The van der Waals surface area contributed by atoms with Crippen molar-refractivity contribution in [3.05, 3.63) is 36.0 Å². The van der Waals surface area contributed by atoms with Gasteiger partial charge in [-0.25, -0.2) is 4.98 Å². The molecule has 0 unspecified atom stereocenters. The van der Waals surface area contributed by atoms with E-state index in [-0.39, 0.29) is 5.54 Å². The Bertz CT molecular complexity index is 691. The minimum absolute atomic E-state index is 0.0645. The summed E-state index contributed by atoms with van der Waals surface area (Å²) in [6.45, 7) is 7.07. The number of hydrogen-bond acceptors (Lipinski definition) is 5. The van der Waals surface area contributed by atoms with Gasteiger partial charge in [-0.2, -0.15) is 0 Å². The lowest BCUT2D eigenvalue weighted by molar-refractivity contribution is 0.392. The smallest absolute Gasteiger partial charge is 0.195 e. The second-order valence-corrected chi connectivity index (χ2v) is 6.80. The molecule has 20 heavy (non-hydrogen) atoms. The van der Waals surface area contributed by atoms with Crippen LogP contribution < -0.4 is 5.32 Å². The molecule has 0 saturated carbocycles. The number of thiazole rings is 1. The molecule has 0 aliphatic carbocycles. The van der Waals surface area contributed by atoms with Crippen molar-refractivity contribution in [1.29, 1.82) is 0 Å². The maximum absolute atomic E-state index is 5.40. The molecule has 2 aromatic heterocycles. The van der Waals surface area contributed by atoms with Crippen molar-refractivity contribution in [3.63, 3.8) is 0 Å². The molecule has 5 heteroatoms. The van der Waals surface area contributed by atoms with Gasteiger partial charge in [0.1, 0.15) is 0 Å². The third kappa shape index (κ3) is 2.89. The Hall–Kier alpha value is -1.72. The summed E-state index contributed by atoms with van der Waals surface area (Å²) in [5, 5.41) is 8.36. The summed E-state index contributed by atoms with van der Waals surface area (Å²) < 4.78 is 6.56. The van der Waals surface area contributed by atoms with E-state index in [1.54, 1.807) is 11.3 Å². The normalized spacial score (nSPS) is 12.2. The van der Waals surface area contributed by atoms with Crippen LogP contribution >= 0.6 is 11.3 Å². The summed E-state index contributed by atoms with van der Waals surface area (Å²) in [5.74, 6) is 0.733. The second-order valence-electron chi connectivity index (χ2n) is 5.77. The van der Waals surface area contributed by atoms with Crippen LogP contribution in [0.5, 0.6) is 0 Å². The van der Waals surface area contributed by atoms with Gasteiger partial charge in [-0.05, 0) is 32.9 Å². The summed E-state index contributed by atoms with van der Waals surface area (Å²) in [5.41, 5.74) is 1.96. The number of benzene rings is 1. The van der Waals surface area contributed by atoms with Crippen LogP contribution in [0.25, 0.3) is 21.0 Å². The number of nitrogens with zero attached hydrogens (tertiary/aromatic N) is 2. The van der Waals surface area contributed by atoms with E-state index in [0.29, 0.717) is 6.54 Å². The van der Waals surface area contributed by atoms with Crippen molar-refractivity contribution in [2.75, 3.05) is 0 Å². The topological polar surface area (TPSA) is 51.0 Å². The molecule has 0 spiro atoms. The van der Waals surface area contributed by atoms with E-state index in [2.05, 4.69) is 42.3 Å². The number of rotatable bonds is 3. The molecule has 3 aromatic rings. The highest BCUT2D eigenvalue weighted by Gasteiger charge is 2.14. The Morgan fingerprint density at radius 1 is 1.25 bits per heavy atom. The highest BCUT2D eigenvalue weighted by Crippen LogP contribution is 2.30. The molecule has 0 bridgehead atoms. The zero-order valence-corrected chi connectivity index (χ0v) is 12.6. The summed E-state index contributed by atoms with van der Waals surface area (Å²) in [4.78, 5) is 4.57. The first kappa shape index (κ1) is 13.3. The van der Waals surface area contributed by atoms with Crippen LogP contribution in [0.15, 0.2) is 34.9 Å². The van der Waals surface area contributed by atoms with E-state index in [1.165, 1.54) is 0 Å². The maximum Gasteiger partial charge on any atom is 0.195 e. The summed E-state index contributed by atoms with van der Waals surface area (Å²) >= 11 is 1.62. The largest absolute Gasteiger partial charge is 0.353 e. The average Bonchev–Trinajstić information content (AvgIpc) is 3.01. The molecule has 2 heterocycles. The van der Waals surface area contributed by atoms with E-state index < -0.39 is 0 Å². The number of nitrogens with one attached hydrogen (secondary N) is 1. The van der Waals surface area contributed by atoms with E-state index in [0.717, 1.165) is 26.7 Å². The van der Waals surface area contributed by atoms with Gasteiger partial charge in [-0.3, -0.25) is 0 Å². The summed E-state index contributed by atoms with van der Waals surface area (Å²) in [6.07, 6.45) is 0. The molecule has 1 N–H and O–H groups in total. The van der Waals surface area contributed by atoms with Crippen LogP contribution in [0.1, 0.15) is 26.5 Å². The first-order chi connectivity index (χ1) is 9.51. The lowest BCUT2D eigenvalue weighted by Gasteiger charge is -2.19. The van der Waals surface area contributed by atoms with E-state index in [1.807, 2.05) is 24.3 Å². The highest BCUT2D eigenvalue weighted by atomic mass is 32.1. The van der Waals surface area contributed by atoms with Crippen LogP contribution in [-0.4, -0.2) is 15.7 Å². The van der Waals surface area contributed by atoms with E-state index >= 15 is 0 Å². The van der Waals surface area contributed by atoms with Crippen LogP contribution in [0.2, 0.25) is 0 Å². The molecule has 0 fully saturated rings. The van der Waals surface area contributed by atoms with Crippen LogP contribution in [0.4, 0.5) is 0 Å². The predicted molar refractivity (Wildman–Crippen MR) is 81.7 cm³/mol. The molecule has 4 nitrogen and oxygen atoms in total. The third-order valence-corrected chi connectivity index (χ3v) is 3.91. The fourth-order valence-corrected chi connectivity index (χ4v) is 2.74. The Balaban J connectivity index is 1.82. The van der Waals surface area contributed by atoms with Crippen LogP contribution in [0, 0.1) is 0 Å². The Morgan fingerprint density at radius 2 is 2.05 bits per heavy atom. The van der Waals surface area contributed by atoms with Crippen molar-refractivity contribution in [1.82, 2.24) is 15.5 Å². The standard InChI is InChI=1S/C15H17N3OS/c1-15(2,3)16-9-10-8-12(19-18-10)14-17-11-6-4-5-7-13(11)20-14/h4-8,16H,9H2,1-3H3. The molecule has 0 radical (unpaired) electrons. The van der Waals surface area contributed by atoms with Crippen molar-refractivity contribution >= 4 is 21.6 Å². The van der Waals surface area contributed by atoms with Gasteiger partial charge in [0.25, 0.3) is 0 Å². The monoisotopic (exact) mass is 287 g/mol. The quantitative estimate of drug-likeness (QED) is 0.795. The number of aromatic nitrogens is 2. The zero-order valence-electron chi connectivity index (χ0n) is 11.8. The van der Waals surface area contributed by atoms with E-state index in [4.69, 9.17) is 4.52 Å². The van der Waals surface area contributed by atoms with Gasteiger partial charge >= 0.3 is 0 Å². The zero-order chi connectivity index (χ0) is 14.2. The number of para-hydroxylation sites is 1. The first-order valence-corrected chi connectivity index (χ1v) is 7.39. The lowest BCUT2D eigenvalue weighted by atomic mass is 10.1. The fraction of sp³-hybridized carbons (Fsp3) is 0.333. The van der Waals surface area contributed by atoms with Crippen LogP contribution in [0.3, 0.4) is 0 Å². The molecule has 0 amide bonds. The Labute approximate surface area is 121 Å². The molecule has 0 saturated heterocycles. The van der Waals surface area contributed by atoms with Gasteiger partial charge in [-0.15, -0.1) is 11.3 Å². The summed E-state index contributed by atoms with van der Waals surface area (Å²) in [7, 11) is 0. The van der Waals surface area contributed by atoms with Crippen molar-refractivity contribution < 1.29 is 4.52 Å². The van der Waals surface area contributed by atoms with Gasteiger partial charge in [0.15, 0.2) is 10.8 Å². The molecule has 0 atom stereocenters. The van der Waals surface area contributed by atoms with Crippen molar-refractivity contribution in [2.45, 2.75) is 32.9 Å². The first-order valence-electron chi connectivity index (χ1n) is 6.58. The van der Waals surface area contributed by atoms with E-state index in [9.17, 15) is 0 Å². The minimum atomic E-state index is 0.0645. The summed E-state index contributed by atoms with van der Waals surface area (Å²) in [6, 6.07) is 10.0. The average molecular weight is 287 g/mol. The SMILES string of the molecule is CC(C)(C)NCc1cc(-c2nc3ccccc3s2)on1. The molecule has 0 aliphatic heterocycles. The number of hydrogen-bond donors (Lipinski definition) is 1. The van der Waals surface area contributed by atoms with Crippen LogP contribution in [-0.2, 0) is 6.54 Å². The number of fused-ring (bicyclic) bond motifs is 1. The fourth-order valence-electron chi connectivity index (χ4n) is 1.83. The lowest BCUT2D eigenvalue weighted by Crippen LogP contribution is -2.35. The predicted octanol–water partition coefficient (Wildman–Crippen LogP) is 3.84. The minimum Gasteiger partial charge on any atom is -0.353 e. The van der Waals surface area contributed by atoms with Gasteiger partial charge in [0.2, 0.25) is 0 Å². The maximum atomic E-state index is 5.40. The molecule has 1 aromatic carbocycles. The van der Waals surface area contributed by atoms with Gasteiger partial charge in [0.05, 0.1) is 15.9 Å². The Morgan fingerprint density at radius 3 is 2.80 bits per heavy atom. The second kappa shape index (κ2) is 5.00. The van der Waals surface area contributed by atoms with Gasteiger partial charge in [0, 0.05) is 18.2 Å². The molecular formula is C15H17N3OS. The molecular weight excluding hydrogens is 270 g/mol. The third-order valence-electron chi connectivity index (χ3n) is 2.86. The van der Waals surface area contributed by atoms with Crippen molar-refractivity contribution in [3.8, 4) is 10.8 Å². The Kier molecular flexibility index (Phi) is 3.31. The van der Waals surface area contributed by atoms with Gasteiger partial charge in [-0.1, -0.05) is 17.3 Å².